The van der Waals surface area contributed by atoms with Crippen molar-refractivity contribution in [1.82, 2.24) is 9.21 Å². The molecule has 0 amide bonds. The van der Waals surface area contributed by atoms with E-state index in [-0.39, 0.29) is 16.6 Å². The molecule has 2 saturated heterocycles. The Bertz CT molecular complexity index is 956. The molecule has 2 fully saturated rings. The van der Waals surface area contributed by atoms with Crippen LogP contribution in [0, 0.1) is 5.41 Å². The first-order chi connectivity index (χ1) is 14.6. The minimum Gasteiger partial charge on any atom is -0.379 e. The molecule has 1 unspecified atom stereocenters. The number of morpholine rings is 1. The third kappa shape index (κ3) is 4.65. The van der Waals surface area contributed by atoms with Gasteiger partial charge in [-0.05, 0) is 42.0 Å². The van der Waals surface area contributed by atoms with Crippen LogP contribution in [-0.2, 0) is 25.0 Å². The maximum Gasteiger partial charge on any atom is 0.243 e. The molecule has 1 atom stereocenters. The largest absolute Gasteiger partial charge is 0.379 e. The maximum absolute atomic E-state index is 13.5. The normalized spacial score (nSPS) is 26.4. The molecule has 31 heavy (non-hydrogen) atoms. The van der Waals surface area contributed by atoms with Gasteiger partial charge in [-0.3, -0.25) is 9.69 Å². The number of sulfonamides is 1. The number of ketones is 1. The monoisotopic (exact) mass is 446 g/mol. The molecule has 0 bridgehead atoms. The molecule has 2 aliphatic heterocycles. The minimum absolute atomic E-state index is 0.0238. The number of hydrogen-bond donors (Lipinski definition) is 0. The molecule has 3 aliphatic rings. The van der Waals surface area contributed by atoms with Gasteiger partial charge in [0.15, 0.2) is 5.78 Å². The maximum atomic E-state index is 13.5. The molecule has 170 valence electrons. The van der Waals surface area contributed by atoms with E-state index in [0.717, 1.165) is 30.8 Å². The molecule has 0 N–H and O–H groups in total. The van der Waals surface area contributed by atoms with E-state index in [1.807, 2.05) is 12.1 Å². The van der Waals surface area contributed by atoms with Crippen molar-refractivity contribution < 1.29 is 17.9 Å². The van der Waals surface area contributed by atoms with Crippen LogP contribution in [0.15, 0.2) is 40.8 Å². The summed E-state index contributed by atoms with van der Waals surface area (Å²) < 4.78 is 34.2. The second kappa shape index (κ2) is 8.43. The molecule has 0 saturated carbocycles. The first-order valence-electron chi connectivity index (χ1n) is 11.2. The SMILES string of the molecule is CC(C)(C)c1ccc(S(=O)(=O)N2CCC3=CC(=O)CCC3(CN3CCOCC3)C2)cc1. The van der Waals surface area contributed by atoms with Crippen LogP contribution in [0.25, 0.3) is 0 Å². The fourth-order valence-electron chi connectivity index (χ4n) is 5.02. The Hall–Kier alpha value is -1.54. The van der Waals surface area contributed by atoms with Gasteiger partial charge in [-0.2, -0.15) is 4.31 Å². The van der Waals surface area contributed by atoms with E-state index in [4.69, 9.17) is 4.74 Å². The van der Waals surface area contributed by atoms with Crippen molar-refractivity contribution in [3.8, 4) is 0 Å². The summed E-state index contributed by atoms with van der Waals surface area (Å²) in [6, 6.07) is 7.32. The molecule has 1 aromatic rings. The Balaban J connectivity index is 1.61. The number of carbonyl (C=O) groups is 1. The second-order valence-electron chi connectivity index (χ2n) is 10.2. The van der Waals surface area contributed by atoms with Gasteiger partial charge < -0.3 is 4.74 Å². The van der Waals surface area contributed by atoms with Crippen LogP contribution in [0.2, 0.25) is 0 Å². The highest BCUT2D eigenvalue weighted by atomic mass is 32.2. The van der Waals surface area contributed by atoms with Gasteiger partial charge in [0.25, 0.3) is 0 Å². The van der Waals surface area contributed by atoms with E-state index < -0.39 is 10.0 Å². The van der Waals surface area contributed by atoms with Crippen LogP contribution in [0.4, 0.5) is 0 Å². The Morgan fingerprint density at radius 3 is 2.35 bits per heavy atom. The Morgan fingerprint density at radius 1 is 1.03 bits per heavy atom. The summed E-state index contributed by atoms with van der Waals surface area (Å²) in [4.78, 5) is 14.8. The third-order valence-corrected chi connectivity index (χ3v) is 8.82. The Labute approximate surface area is 186 Å². The molecule has 7 heteroatoms. The second-order valence-corrected chi connectivity index (χ2v) is 12.1. The molecule has 6 nitrogen and oxygen atoms in total. The van der Waals surface area contributed by atoms with Crippen LogP contribution in [0.3, 0.4) is 0 Å². The van der Waals surface area contributed by atoms with Crippen molar-refractivity contribution in [3.63, 3.8) is 0 Å². The molecule has 0 aromatic heterocycles. The lowest BCUT2D eigenvalue weighted by Gasteiger charge is -2.48. The van der Waals surface area contributed by atoms with Crippen LogP contribution in [0.5, 0.6) is 0 Å². The van der Waals surface area contributed by atoms with Gasteiger partial charge in [0.2, 0.25) is 10.0 Å². The highest BCUT2D eigenvalue weighted by molar-refractivity contribution is 7.89. The zero-order valence-corrected chi connectivity index (χ0v) is 19.7. The smallest absolute Gasteiger partial charge is 0.243 e. The molecule has 1 aromatic carbocycles. The molecule has 0 spiro atoms. The van der Waals surface area contributed by atoms with Gasteiger partial charge in [-0.15, -0.1) is 0 Å². The number of fused-ring (bicyclic) bond motifs is 1. The van der Waals surface area contributed by atoms with E-state index in [1.165, 1.54) is 0 Å². The summed E-state index contributed by atoms with van der Waals surface area (Å²) in [5, 5.41) is 0. The van der Waals surface area contributed by atoms with Gasteiger partial charge in [0.1, 0.15) is 0 Å². The Morgan fingerprint density at radius 2 is 1.71 bits per heavy atom. The van der Waals surface area contributed by atoms with Crippen molar-refractivity contribution in [2.45, 2.75) is 50.3 Å². The van der Waals surface area contributed by atoms with Crippen LogP contribution in [0.1, 0.15) is 45.6 Å². The third-order valence-electron chi connectivity index (χ3n) is 6.96. The summed E-state index contributed by atoms with van der Waals surface area (Å²) in [6.45, 7) is 11.1. The summed E-state index contributed by atoms with van der Waals surface area (Å²) in [7, 11) is -3.59. The van der Waals surface area contributed by atoms with Crippen molar-refractivity contribution in [3.05, 3.63) is 41.5 Å². The van der Waals surface area contributed by atoms with E-state index >= 15 is 0 Å². The zero-order chi connectivity index (χ0) is 22.3. The number of allylic oxidation sites excluding steroid dienone is 1. The number of nitrogens with zero attached hydrogens (tertiary/aromatic N) is 2. The lowest BCUT2D eigenvalue weighted by molar-refractivity contribution is -0.116. The summed E-state index contributed by atoms with van der Waals surface area (Å²) in [5.41, 5.74) is 1.93. The molecule has 2 heterocycles. The fourth-order valence-corrected chi connectivity index (χ4v) is 6.55. The predicted molar refractivity (Wildman–Crippen MR) is 121 cm³/mol. The first-order valence-corrected chi connectivity index (χ1v) is 12.7. The van der Waals surface area contributed by atoms with Gasteiger partial charge in [-0.25, -0.2) is 8.42 Å². The number of carbonyl (C=O) groups excluding carboxylic acids is 1. The molecule has 4 rings (SSSR count). The van der Waals surface area contributed by atoms with Crippen LogP contribution < -0.4 is 0 Å². The molecular weight excluding hydrogens is 412 g/mol. The van der Waals surface area contributed by atoms with Crippen molar-refractivity contribution in [2.75, 3.05) is 45.9 Å². The van der Waals surface area contributed by atoms with E-state index in [9.17, 15) is 13.2 Å². The van der Waals surface area contributed by atoms with Crippen molar-refractivity contribution in [1.29, 1.82) is 0 Å². The van der Waals surface area contributed by atoms with Gasteiger partial charge in [0, 0.05) is 44.6 Å². The number of rotatable bonds is 4. The van der Waals surface area contributed by atoms with E-state index in [1.54, 1.807) is 22.5 Å². The average molecular weight is 447 g/mol. The predicted octanol–water partition coefficient (Wildman–Crippen LogP) is 2.99. The van der Waals surface area contributed by atoms with Crippen molar-refractivity contribution >= 4 is 15.8 Å². The summed E-state index contributed by atoms with van der Waals surface area (Å²) >= 11 is 0. The number of ether oxygens (including phenoxy) is 1. The standard InChI is InChI=1S/C24H34N2O4S/c1-23(2,3)19-4-6-22(7-5-19)31(28,29)26-11-9-20-16-21(27)8-10-24(20,18-26)17-25-12-14-30-15-13-25/h4-7,16H,8-15,17-18H2,1-3H3. The van der Waals surface area contributed by atoms with Crippen LogP contribution >= 0.6 is 0 Å². The molecular formula is C24H34N2O4S. The Kier molecular flexibility index (Phi) is 6.16. The van der Waals surface area contributed by atoms with Gasteiger partial charge in [-0.1, -0.05) is 38.5 Å². The lowest BCUT2D eigenvalue weighted by Crippen LogP contribution is -2.54. The first kappa shape index (κ1) is 22.6. The summed E-state index contributed by atoms with van der Waals surface area (Å²) in [5.74, 6) is 0.168. The van der Waals surface area contributed by atoms with Crippen LogP contribution in [-0.4, -0.2) is 69.3 Å². The number of hydrogen-bond acceptors (Lipinski definition) is 5. The lowest BCUT2D eigenvalue weighted by atomic mass is 9.68. The molecule has 1 aliphatic carbocycles. The molecule has 0 radical (unpaired) electrons. The average Bonchev–Trinajstić information content (AvgIpc) is 2.74. The van der Waals surface area contributed by atoms with E-state index in [2.05, 4.69) is 25.7 Å². The highest BCUT2D eigenvalue weighted by Gasteiger charge is 2.46. The van der Waals surface area contributed by atoms with Gasteiger partial charge >= 0.3 is 0 Å². The zero-order valence-electron chi connectivity index (χ0n) is 18.9. The minimum atomic E-state index is -3.59. The van der Waals surface area contributed by atoms with Crippen molar-refractivity contribution in [2.24, 2.45) is 5.41 Å². The topological polar surface area (TPSA) is 66.9 Å². The summed E-state index contributed by atoms with van der Waals surface area (Å²) in [6.07, 6.45) is 3.62. The quantitative estimate of drug-likeness (QED) is 0.711. The highest BCUT2D eigenvalue weighted by Crippen LogP contribution is 2.44. The van der Waals surface area contributed by atoms with E-state index in [0.29, 0.717) is 50.5 Å². The number of piperidine rings is 1. The van der Waals surface area contributed by atoms with Gasteiger partial charge in [0.05, 0.1) is 18.1 Å². The number of benzene rings is 1. The fraction of sp³-hybridized carbons (Fsp3) is 0.625.